The maximum atomic E-state index is 13.7. The highest BCUT2D eigenvalue weighted by molar-refractivity contribution is 5.99. The van der Waals surface area contributed by atoms with Gasteiger partial charge in [0.05, 0.1) is 25.5 Å². The molecule has 0 aliphatic rings. The average Bonchev–Trinajstić information content (AvgIpc) is 3.26. The first-order valence-corrected chi connectivity index (χ1v) is 22.8. The van der Waals surface area contributed by atoms with Crippen molar-refractivity contribution < 1.29 is 72.9 Å². The minimum atomic E-state index is -1.87. The number of nitrogens with two attached hydrogens (primary N) is 5. The third kappa shape index (κ3) is 24.8. The zero-order chi connectivity index (χ0) is 54.9. The molecule has 0 aromatic rings. The van der Waals surface area contributed by atoms with Gasteiger partial charge in [-0.2, -0.15) is 0 Å². The largest absolute Gasteiger partial charge is 0.481 e. The first-order chi connectivity index (χ1) is 32.9. The number of aliphatic imine (C=N–C) groups is 1. The van der Waals surface area contributed by atoms with Gasteiger partial charge in [0, 0.05) is 13.0 Å². The molecule has 0 radical (unpaired) electrons. The molecule has 0 spiro atoms. The fourth-order valence-electron chi connectivity index (χ4n) is 6.33. The smallest absolute Gasteiger partial charge is 0.326 e. The van der Waals surface area contributed by atoms with Gasteiger partial charge in [-0.25, -0.2) is 4.79 Å². The summed E-state index contributed by atoms with van der Waals surface area (Å²) in [4.78, 5) is 158. The van der Waals surface area contributed by atoms with Gasteiger partial charge in [-0.3, -0.25) is 57.7 Å². The van der Waals surface area contributed by atoms with E-state index in [-0.39, 0.29) is 43.6 Å². The van der Waals surface area contributed by atoms with Gasteiger partial charge in [-0.05, 0) is 50.4 Å². The number of carboxylic acids is 2. The first-order valence-electron chi connectivity index (χ1n) is 22.8. The van der Waals surface area contributed by atoms with Crippen molar-refractivity contribution in [2.24, 2.45) is 51.4 Å². The zero-order valence-electron chi connectivity index (χ0n) is 41.1. The molecule has 0 aliphatic heterocycles. The third-order valence-electron chi connectivity index (χ3n) is 10.6. The van der Waals surface area contributed by atoms with Crippen LogP contribution in [0.4, 0.5) is 0 Å². The van der Waals surface area contributed by atoms with Crippen LogP contribution in [0.15, 0.2) is 4.99 Å². The van der Waals surface area contributed by atoms with Crippen molar-refractivity contribution in [2.45, 2.75) is 154 Å². The number of rotatable bonds is 34. The molecule has 21 N–H and O–H groups in total. The van der Waals surface area contributed by atoms with Crippen LogP contribution in [-0.2, 0) is 57.5 Å². The van der Waals surface area contributed by atoms with Crippen molar-refractivity contribution in [3.8, 4) is 0 Å². The molecule has 29 nitrogen and oxygen atoms in total. The number of hydrogen-bond acceptors (Lipinski definition) is 15. The summed E-state index contributed by atoms with van der Waals surface area (Å²) >= 11 is 0. The number of nitrogens with zero attached hydrogens (tertiary/aromatic N) is 1. The van der Waals surface area contributed by atoms with Crippen LogP contribution >= 0.6 is 0 Å². The van der Waals surface area contributed by atoms with Gasteiger partial charge in [-0.15, -0.1) is 0 Å². The van der Waals surface area contributed by atoms with E-state index in [4.69, 9.17) is 28.7 Å². The summed E-state index contributed by atoms with van der Waals surface area (Å²) in [5, 5.41) is 47.3. The Morgan fingerprint density at radius 3 is 1.45 bits per heavy atom. The molecule has 0 aromatic heterocycles. The number of carboxylic acid groups (broad SMARTS) is 2. The van der Waals surface area contributed by atoms with Crippen molar-refractivity contribution in [3.63, 3.8) is 0 Å². The van der Waals surface area contributed by atoms with E-state index in [1.165, 1.54) is 13.8 Å². The van der Waals surface area contributed by atoms with Crippen molar-refractivity contribution in [1.82, 2.24) is 42.5 Å². The van der Waals surface area contributed by atoms with Crippen molar-refractivity contribution in [1.29, 1.82) is 0 Å². The van der Waals surface area contributed by atoms with E-state index in [0.29, 0.717) is 6.42 Å². The molecule has 71 heavy (non-hydrogen) atoms. The van der Waals surface area contributed by atoms with E-state index in [0.717, 1.165) is 6.92 Å². The van der Waals surface area contributed by atoms with Crippen LogP contribution in [0.3, 0.4) is 0 Å². The number of hydrogen-bond donors (Lipinski definition) is 16. The topological polar surface area (TPSA) is 504 Å². The quantitative estimate of drug-likeness (QED) is 0.0162. The molecule has 0 bridgehead atoms. The number of guanidine groups is 1. The summed E-state index contributed by atoms with van der Waals surface area (Å²) < 4.78 is 0. The third-order valence-corrected chi connectivity index (χ3v) is 10.6. The minimum Gasteiger partial charge on any atom is -0.481 e. The Morgan fingerprint density at radius 1 is 0.535 bits per heavy atom. The summed E-state index contributed by atoms with van der Waals surface area (Å²) in [6.45, 7) is 10.1. The van der Waals surface area contributed by atoms with E-state index < -0.39 is 164 Å². The molecule has 29 heteroatoms. The molecule has 402 valence electrons. The van der Waals surface area contributed by atoms with E-state index >= 15 is 0 Å². The number of aliphatic hydroxyl groups is 1. The van der Waals surface area contributed by atoms with Crippen LogP contribution in [0, 0.1) is 17.8 Å². The Balaban J connectivity index is 6.52. The van der Waals surface area contributed by atoms with Gasteiger partial charge < -0.3 is 86.5 Å². The second kappa shape index (κ2) is 31.9. The Labute approximate surface area is 410 Å². The lowest BCUT2D eigenvalue weighted by Crippen LogP contribution is -2.61. The lowest BCUT2D eigenvalue weighted by atomic mass is 9.97. The highest BCUT2D eigenvalue weighted by Gasteiger charge is 2.36. The fourth-order valence-corrected chi connectivity index (χ4v) is 6.33. The van der Waals surface area contributed by atoms with Gasteiger partial charge in [0.1, 0.15) is 48.3 Å². The fraction of sp³-hybridized carbons (Fsp3) is 0.690. The molecule has 0 heterocycles. The molecular formula is C42H74N14O15. The summed E-state index contributed by atoms with van der Waals surface area (Å²) in [5.74, 6) is -14.9. The predicted octanol–water partition coefficient (Wildman–Crippen LogP) is -6.29. The highest BCUT2D eigenvalue weighted by Crippen LogP contribution is 2.11. The molecule has 0 saturated carbocycles. The normalized spacial score (nSPS) is 15.3. The van der Waals surface area contributed by atoms with E-state index in [1.54, 1.807) is 20.8 Å². The summed E-state index contributed by atoms with van der Waals surface area (Å²) in [6.07, 6.45) is -2.54. The van der Waals surface area contributed by atoms with Crippen molar-refractivity contribution >= 4 is 77.0 Å². The average molecular weight is 1020 g/mol. The lowest BCUT2D eigenvalue weighted by Gasteiger charge is -2.27. The molecule has 10 atom stereocenters. The lowest BCUT2D eigenvalue weighted by molar-refractivity contribution is -0.144. The first kappa shape index (κ1) is 63.8. The van der Waals surface area contributed by atoms with Gasteiger partial charge in [0.15, 0.2) is 5.96 Å². The Bertz CT molecular complexity index is 1930. The number of carbonyl (C=O) groups is 12. The van der Waals surface area contributed by atoms with Gasteiger partial charge >= 0.3 is 11.9 Å². The molecule has 0 rings (SSSR count). The number of primary amides is 2. The van der Waals surface area contributed by atoms with Crippen LogP contribution in [-0.4, -0.2) is 160 Å². The second-order valence-corrected chi connectivity index (χ2v) is 17.6. The van der Waals surface area contributed by atoms with Crippen LogP contribution in [0.5, 0.6) is 0 Å². The molecule has 10 amide bonds. The molecule has 0 aromatic carbocycles. The standard InChI is InChI=1S/C42H74N14O15/c1-8-20(6)31(45)40(69)54-24(14-18(2)3)36(65)53-26(16-30(60)61)38(67)50-22(10-9-13-48-42(46)47)34(63)49-21(7)33(62)52-25(15-29(44)59)37(66)51-23(11-12-28(43)58)35(64)55-27(17-57)39(68)56-32(19(4)5)41(70)71/h18-27,31-32,57H,8-17,45H2,1-7H3,(H2,43,58)(H2,44,59)(H,49,63)(H,50,67)(H,51,66)(H,52,62)(H,53,65)(H,54,69)(H,55,64)(H,56,68)(H,60,61)(H,70,71)(H4,46,47,48)/t20-,21-,22-,23-,24-,25-,26-,27-,31-,32-/m0/s1. The second-order valence-electron chi connectivity index (χ2n) is 17.6. The van der Waals surface area contributed by atoms with Gasteiger partial charge in [0.2, 0.25) is 59.1 Å². The van der Waals surface area contributed by atoms with Crippen LogP contribution < -0.4 is 71.2 Å². The van der Waals surface area contributed by atoms with E-state index in [9.17, 15) is 72.9 Å². The van der Waals surface area contributed by atoms with Crippen molar-refractivity contribution in [2.75, 3.05) is 13.2 Å². The number of aliphatic hydroxyl groups excluding tert-OH is 1. The number of aliphatic carboxylic acids is 2. The number of nitrogens with one attached hydrogen (secondary N) is 8. The maximum absolute atomic E-state index is 13.7. The summed E-state index contributed by atoms with van der Waals surface area (Å²) in [5.41, 5.74) is 27.4. The molecule has 0 unspecified atom stereocenters. The Morgan fingerprint density at radius 2 is 0.986 bits per heavy atom. The predicted molar refractivity (Wildman–Crippen MR) is 252 cm³/mol. The van der Waals surface area contributed by atoms with Crippen LogP contribution in [0.1, 0.15) is 99.8 Å². The minimum absolute atomic E-state index is 0.0155. The monoisotopic (exact) mass is 1010 g/mol. The van der Waals surface area contributed by atoms with Gasteiger partial charge in [0.25, 0.3) is 0 Å². The molecular weight excluding hydrogens is 941 g/mol. The number of amides is 10. The summed E-state index contributed by atoms with van der Waals surface area (Å²) in [6, 6.07) is -14.0. The number of carbonyl (C=O) groups excluding carboxylic acids is 10. The van der Waals surface area contributed by atoms with Crippen LogP contribution in [0.2, 0.25) is 0 Å². The SMILES string of the molecule is CC[C@H](C)[C@H](N)C(=O)N[C@@H](CC(C)C)C(=O)N[C@@H](CC(=O)O)C(=O)N[C@@H](CCCN=C(N)N)C(=O)N[C@@H](C)C(=O)N[C@@H](CC(N)=O)C(=O)N[C@@H](CCC(N)=O)C(=O)N[C@@H](CO)C(=O)N[C@H](C(=O)O)C(C)C. The zero-order valence-corrected chi connectivity index (χ0v) is 41.1. The Hall–Kier alpha value is -7.17. The van der Waals surface area contributed by atoms with E-state index in [2.05, 4.69) is 47.5 Å². The van der Waals surface area contributed by atoms with E-state index in [1.807, 2.05) is 6.92 Å². The maximum Gasteiger partial charge on any atom is 0.326 e. The van der Waals surface area contributed by atoms with Crippen LogP contribution in [0.25, 0.3) is 0 Å². The Kier molecular flexibility index (Phi) is 28.6. The highest BCUT2D eigenvalue weighted by atomic mass is 16.4. The molecule has 0 fully saturated rings. The van der Waals surface area contributed by atoms with Gasteiger partial charge in [-0.1, -0.05) is 48.0 Å². The molecule has 0 saturated heterocycles. The molecule has 0 aliphatic carbocycles. The summed E-state index contributed by atoms with van der Waals surface area (Å²) in [7, 11) is 0. The van der Waals surface area contributed by atoms with Crippen molar-refractivity contribution in [3.05, 3.63) is 0 Å².